The van der Waals surface area contributed by atoms with Gasteiger partial charge in [0.15, 0.2) is 0 Å². The number of aromatic nitrogens is 2. The van der Waals surface area contributed by atoms with Crippen molar-refractivity contribution < 1.29 is 13.6 Å². The third-order valence-electron chi connectivity index (χ3n) is 3.07. The molecule has 1 fully saturated rings. The molecule has 0 saturated carbocycles. The van der Waals surface area contributed by atoms with Crippen LogP contribution in [0, 0.1) is 0 Å². The Hall–Kier alpha value is -0.920. The molecule has 0 unspecified atom stereocenters. The van der Waals surface area contributed by atoms with Crippen molar-refractivity contribution in [3.05, 3.63) is 18.2 Å². The number of imidazole rings is 1. The van der Waals surface area contributed by atoms with Gasteiger partial charge in [-0.1, -0.05) is 0 Å². The lowest BCUT2D eigenvalue weighted by molar-refractivity contribution is -0.132. The molecule has 116 valence electrons. The largest absolute Gasteiger partial charge is 0.337 e. The molecule has 1 atom stereocenters. The van der Waals surface area contributed by atoms with Crippen LogP contribution < -0.4 is 5.32 Å². The number of rotatable bonds is 4. The number of hydrogen-bond acceptors (Lipinski definition) is 3. The molecule has 1 saturated heterocycles. The van der Waals surface area contributed by atoms with Gasteiger partial charge in [0.1, 0.15) is 5.82 Å². The first kappa shape index (κ1) is 19.1. The molecule has 1 aromatic rings. The van der Waals surface area contributed by atoms with Gasteiger partial charge in [-0.05, 0) is 19.4 Å². The Balaban J connectivity index is 0.00000180. The maximum atomic E-state index is 12.6. The Kier molecular flexibility index (Phi) is 8.00. The Bertz CT molecular complexity index is 424. The Morgan fingerprint density at radius 3 is 2.85 bits per heavy atom. The monoisotopic (exact) mass is 330 g/mol. The van der Waals surface area contributed by atoms with Gasteiger partial charge in [-0.25, -0.2) is 4.98 Å². The van der Waals surface area contributed by atoms with E-state index in [-0.39, 0.29) is 49.1 Å². The van der Waals surface area contributed by atoms with E-state index < -0.39 is 6.55 Å². The van der Waals surface area contributed by atoms with Gasteiger partial charge in [0, 0.05) is 19.4 Å². The summed E-state index contributed by atoms with van der Waals surface area (Å²) in [6, 6.07) is -0.190. The van der Waals surface area contributed by atoms with Crippen molar-refractivity contribution in [1.29, 1.82) is 0 Å². The molecule has 0 bridgehead atoms. The van der Waals surface area contributed by atoms with Gasteiger partial charge in [-0.15, -0.1) is 24.8 Å². The van der Waals surface area contributed by atoms with Gasteiger partial charge in [-0.2, -0.15) is 8.78 Å². The summed E-state index contributed by atoms with van der Waals surface area (Å²) in [6.45, 7) is -1.71. The van der Waals surface area contributed by atoms with Gasteiger partial charge in [0.05, 0.1) is 12.6 Å². The van der Waals surface area contributed by atoms with E-state index in [9.17, 15) is 13.6 Å². The first-order valence-corrected chi connectivity index (χ1v) is 5.88. The quantitative estimate of drug-likeness (QED) is 0.916. The SMILES string of the molecule is CN(Cc1nccn1C(F)F)C(=O)[C@@H]1CCCN1.Cl.Cl. The predicted octanol–water partition coefficient (Wildman–Crippen LogP) is 1.83. The van der Waals surface area contributed by atoms with E-state index in [1.165, 1.54) is 17.3 Å². The number of alkyl halides is 2. The van der Waals surface area contributed by atoms with Crippen LogP contribution >= 0.6 is 24.8 Å². The molecule has 1 aromatic heterocycles. The molecule has 20 heavy (non-hydrogen) atoms. The molecule has 2 heterocycles. The third-order valence-corrected chi connectivity index (χ3v) is 3.07. The van der Waals surface area contributed by atoms with E-state index in [2.05, 4.69) is 10.3 Å². The Labute approximate surface area is 128 Å². The standard InChI is InChI=1S/C11H16F2N4O.2ClH/c1-16(10(18)8-3-2-4-14-8)7-9-15-5-6-17(9)11(12)13;;/h5-6,8,11,14H,2-4,7H2,1H3;2*1H/t8-;;/m0../s1. The second-order valence-electron chi connectivity index (χ2n) is 4.37. The molecule has 0 aliphatic carbocycles. The first-order valence-electron chi connectivity index (χ1n) is 5.88. The van der Waals surface area contributed by atoms with Crippen LogP contribution in [0.1, 0.15) is 25.2 Å². The molecular weight excluding hydrogens is 313 g/mol. The van der Waals surface area contributed by atoms with Crippen LogP contribution in [-0.4, -0.2) is 40.0 Å². The lowest BCUT2D eigenvalue weighted by Crippen LogP contribution is -2.41. The second-order valence-corrected chi connectivity index (χ2v) is 4.37. The fourth-order valence-corrected chi connectivity index (χ4v) is 2.10. The molecule has 1 N–H and O–H groups in total. The summed E-state index contributed by atoms with van der Waals surface area (Å²) >= 11 is 0. The minimum atomic E-state index is -2.63. The number of nitrogens with zero attached hydrogens (tertiary/aromatic N) is 3. The first-order chi connectivity index (χ1) is 8.59. The number of likely N-dealkylation sites (N-methyl/N-ethyl adjacent to an activating group) is 1. The van der Waals surface area contributed by atoms with E-state index in [0.29, 0.717) is 0 Å². The molecule has 9 heteroatoms. The van der Waals surface area contributed by atoms with Crippen LogP contribution in [0.25, 0.3) is 0 Å². The highest BCUT2D eigenvalue weighted by atomic mass is 35.5. The maximum Gasteiger partial charge on any atom is 0.319 e. The van der Waals surface area contributed by atoms with Crippen LogP contribution in [0.15, 0.2) is 12.4 Å². The summed E-state index contributed by atoms with van der Waals surface area (Å²) in [5.41, 5.74) is 0. The smallest absolute Gasteiger partial charge is 0.319 e. The van der Waals surface area contributed by atoms with Crippen LogP contribution in [0.4, 0.5) is 8.78 Å². The Morgan fingerprint density at radius 1 is 1.60 bits per heavy atom. The summed E-state index contributed by atoms with van der Waals surface area (Å²) in [5, 5.41) is 3.09. The zero-order valence-electron chi connectivity index (χ0n) is 11.0. The second kappa shape index (κ2) is 8.39. The fraction of sp³-hybridized carbons (Fsp3) is 0.636. The van der Waals surface area contributed by atoms with Gasteiger partial charge in [-0.3, -0.25) is 9.36 Å². The van der Waals surface area contributed by atoms with Crippen LogP contribution in [0.5, 0.6) is 0 Å². The topological polar surface area (TPSA) is 50.2 Å². The normalized spacial score (nSPS) is 17.5. The fourth-order valence-electron chi connectivity index (χ4n) is 2.10. The summed E-state index contributed by atoms with van der Waals surface area (Å²) in [4.78, 5) is 17.3. The maximum absolute atomic E-state index is 12.6. The molecule has 5 nitrogen and oxygen atoms in total. The van der Waals surface area contributed by atoms with E-state index in [1.807, 2.05) is 0 Å². The van der Waals surface area contributed by atoms with Gasteiger partial charge < -0.3 is 10.2 Å². The van der Waals surface area contributed by atoms with Crippen molar-refractivity contribution in [2.24, 2.45) is 0 Å². The minimum absolute atomic E-state index is 0. The number of carbonyl (C=O) groups is 1. The molecular formula is C11H18Cl2F2N4O. The van der Waals surface area contributed by atoms with Crippen molar-refractivity contribution in [3.8, 4) is 0 Å². The zero-order valence-corrected chi connectivity index (χ0v) is 12.6. The average Bonchev–Trinajstić information content (AvgIpc) is 2.98. The van der Waals surface area contributed by atoms with Crippen molar-refractivity contribution in [2.75, 3.05) is 13.6 Å². The number of halogens is 4. The molecule has 0 spiro atoms. The minimum Gasteiger partial charge on any atom is -0.337 e. The van der Waals surface area contributed by atoms with Crippen molar-refractivity contribution in [1.82, 2.24) is 19.8 Å². The summed E-state index contributed by atoms with van der Waals surface area (Å²) in [5.74, 6) is 0.121. The summed E-state index contributed by atoms with van der Waals surface area (Å²) < 4.78 is 26.0. The van der Waals surface area contributed by atoms with Crippen LogP contribution in [0.3, 0.4) is 0 Å². The average molecular weight is 331 g/mol. The third kappa shape index (κ3) is 4.29. The molecule has 0 radical (unpaired) electrons. The highest BCUT2D eigenvalue weighted by molar-refractivity contribution is 5.85. The van der Waals surface area contributed by atoms with Gasteiger partial charge in [0.2, 0.25) is 5.91 Å². The number of nitrogens with one attached hydrogen (secondary N) is 1. The van der Waals surface area contributed by atoms with Crippen molar-refractivity contribution in [2.45, 2.75) is 32.0 Å². The number of carbonyl (C=O) groups excluding carboxylic acids is 1. The van der Waals surface area contributed by atoms with Gasteiger partial charge in [0.25, 0.3) is 0 Å². The van der Waals surface area contributed by atoms with Gasteiger partial charge >= 0.3 is 6.55 Å². The highest BCUT2D eigenvalue weighted by Crippen LogP contribution is 2.15. The number of hydrogen-bond donors (Lipinski definition) is 1. The molecule has 1 aliphatic heterocycles. The van der Waals surface area contributed by atoms with Crippen LogP contribution in [-0.2, 0) is 11.3 Å². The summed E-state index contributed by atoms with van der Waals surface area (Å²) in [6.07, 6.45) is 4.29. The van der Waals surface area contributed by atoms with E-state index in [4.69, 9.17) is 0 Å². The molecule has 1 amide bonds. The number of amides is 1. The van der Waals surface area contributed by atoms with Crippen LogP contribution in [0.2, 0.25) is 0 Å². The molecule has 2 rings (SSSR count). The Morgan fingerprint density at radius 2 is 2.30 bits per heavy atom. The van der Waals surface area contributed by atoms with E-state index >= 15 is 0 Å². The lowest BCUT2D eigenvalue weighted by Gasteiger charge is -2.21. The summed E-state index contributed by atoms with van der Waals surface area (Å²) in [7, 11) is 1.60. The predicted molar refractivity (Wildman–Crippen MR) is 75.5 cm³/mol. The highest BCUT2D eigenvalue weighted by Gasteiger charge is 2.26. The lowest BCUT2D eigenvalue weighted by atomic mass is 10.2. The van der Waals surface area contributed by atoms with E-state index in [0.717, 1.165) is 24.0 Å². The molecule has 1 aliphatic rings. The molecule has 0 aromatic carbocycles. The van der Waals surface area contributed by atoms with Crippen molar-refractivity contribution in [3.63, 3.8) is 0 Å². The zero-order chi connectivity index (χ0) is 13.1. The van der Waals surface area contributed by atoms with E-state index in [1.54, 1.807) is 7.05 Å². The van der Waals surface area contributed by atoms with Crippen molar-refractivity contribution >= 4 is 30.7 Å².